The van der Waals surface area contributed by atoms with Gasteiger partial charge in [0.2, 0.25) is 5.91 Å². The second-order valence-electron chi connectivity index (χ2n) is 13.3. The van der Waals surface area contributed by atoms with E-state index in [4.69, 9.17) is 14.7 Å². The van der Waals surface area contributed by atoms with Crippen LogP contribution in [0.5, 0.6) is 0 Å². The first-order valence-electron chi connectivity index (χ1n) is 18.0. The van der Waals surface area contributed by atoms with Gasteiger partial charge in [-0.15, -0.1) is 0 Å². The van der Waals surface area contributed by atoms with E-state index in [2.05, 4.69) is 32.7 Å². The van der Waals surface area contributed by atoms with Gasteiger partial charge in [-0.3, -0.25) is 25.2 Å². The molecule has 3 aromatic carbocycles. The summed E-state index contributed by atoms with van der Waals surface area (Å²) in [5, 5.41) is 19.7. The highest BCUT2D eigenvalue weighted by molar-refractivity contribution is 5.98. The van der Waals surface area contributed by atoms with Crippen LogP contribution in [0.2, 0.25) is 0 Å². The summed E-state index contributed by atoms with van der Waals surface area (Å²) in [7, 11) is 0. The fourth-order valence-corrected chi connectivity index (χ4v) is 6.76. The fraction of sp³-hybridized carbons (Fsp3) is 0.375. The van der Waals surface area contributed by atoms with Gasteiger partial charge in [0, 0.05) is 6.07 Å². The molecule has 0 unspecified atom stereocenters. The van der Waals surface area contributed by atoms with Crippen LogP contribution in [-0.4, -0.2) is 51.8 Å². The average molecular weight is 704 g/mol. The van der Waals surface area contributed by atoms with E-state index in [9.17, 15) is 14.4 Å². The van der Waals surface area contributed by atoms with Gasteiger partial charge in [0.15, 0.2) is 5.69 Å². The van der Waals surface area contributed by atoms with Crippen molar-refractivity contribution in [1.29, 1.82) is 5.26 Å². The molecule has 270 valence electrons. The van der Waals surface area contributed by atoms with E-state index in [-0.39, 0.29) is 48.1 Å². The highest BCUT2D eigenvalue weighted by Gasteiger charge is 2.31. The van der Waals surface area contributed by atoms with Crippen LogP contribution in [0.1, 0.15) is 89.0 Å². The maximum atomic E-state index is 13.9. The zero-order chi connectivity index (χ0) is 36.1. The van der Waals surface area contributed by atoms with Crippen molar-refractivity contribution in [1.82, 2.24) is 25.8 Å². The third-order valence-electron chi connectivity index (χ3n) is 9.55. The first kappa shape index (κ1) is 36.3. The van der Waals surface area contributed by atoms with Gasteiger partial charge in [0.05, 0.1) is 54.8 Å². The maximum Gasteiger partial charge on any atom is 0.290 e. The molecule has 1 heterocycles. The number of hydrogen-bond donors (Lipinski definition) is 4. The monoisotopic (exact) mass is 703 g/mol. The molecule has 2 fully saturated rings. The highest BCUT2D eigenvalue weighted by atomic mass is 16.5. The minimum Gasteiger partial charge on any atom is -0.371 e. The lowest BCUT2D eigenvalue weighted by Crippen LogP contribution is -2.48. The highest BCUT2D eigenvalue weighted by Crippen LogP contribution is 2.24. The maximum absolute atomic E-state index is 13.9. The van der Waals surface area contributed by atoms with E-state index in [1.54, 1.807) is 24.3 Å². The van der Waals surface area contributed by atoms with E-state index in [0.717, 1.165) is 62.5 Å². The topological polar surface area (TPSA) is 159 Å². The SMILES string of the molecule is N#Cc1ccc(NNC(=O)c2cc(C(=O)N[C@H]3CCCC[C@@H]3OCc3ccccc3)n(CC(=O)N[C@H]3CCCC[C@@H]3OCc3ccccc3)n2)cc1. The molecule has 1 aromatic heterocycles. The summed E-state index contributed by atoms with van der Waals surface area (Å²) in [5.74, 6) is -1.37. The fourth-order valence-electron chi connectivity index (χ4n) is 6.76. The minimum absolute atomic E-state index is 0.0404. The molecule has 0 aliphatic heterocycles. The number of rotatable bonds is 14. The standard InChI is InChI=1S/C40H45N7O5/c41-24-28-19-21-31(22-20-28)44-45-39(49)34-23-35(40(50)43-33-16-8-10-18-37(33)52-27-30-13-5-2-6-14-30)47(46-34)25-38(48)42-32-15-7-9-17-36(32)51-26-29-11-3-1-4-12-29/h1-6,11-14,19-23,32-33,36-37,44H,7-10,15-18,25-27H2,(H,42,48)(H,43,50)(H,45,49)/t32-,33-,36-,37-/m0/s1. The summed E-state index contributed by atoms with van der Waals surface area (Å²) in [6.07, 6.45) is 6.76. The molecule has 4 N–H and O–H groups in total. The molecule has 2 aliphatic rings. The van der Waals surface area contributed by atoms with Gasteiger partial charge in [-0.05, 0) is 61.1 Å². The first-order chi connectivity index (χ1) is 25.4. The Kier molecular flexibility index (Phi) is 12.6. The third kappa shape index (κ3) is 10.1. The largest absolute Gasteiger partial charge is 0.371 e. The summed E-state index contributed by atoms with van der Waals surface area (Å²) < 4.78 is 13.8. The molecule has 4 atom stereocenters. The Morgan fingerprint density at radius 1 is 0.731 bits per heavy atom. The molecule has 2 saturated carbocycles. The van der Waals surface area contributed by atoms with Crippen LogP contribution in [0.25, 0.3) is 0 Å². The first-order valence-corrected chi connectivity index (χ1v) is 18.0. The van der Waals surface area contributed by atoms with E-state index in [0.29, 0.717) is 24.5 Å². The summed E-state index contributed by atoms with van der Waals surface area (Å²) in [6.45, 7) is 0.622. The average Bonchev–Trinajstić information content (AvgIpc) is 3.61. The summed E-state index contributed by atoms with van der Waals surface area (Å²) >= 11 is 0. The van der Waals surface area contributed by atoms with Crippen molar-refractivity contribution in [2.45, 2.75) is 95.4 Å². The van der Waals surface area contributed by atoms with Crippen LogP contribution < -0.4 is 21.5 Å². The minimum atomic E-state index is -0.596. The van der Waals surface area contributed by atoms with Crippen molar-refractivity contribution < 1.29 is 23.9 Å². The molecule has 6 rings (SSSR count). The van der Waals surface area contributed by atoms with Crippen LogP contribution in [0.3, 0.4) is 0 Å². The van der Waals surface area contributed by atoms with Crippen LogP contribution in [0.4, 0.5) is 5.69 Å². The number of aromatic nitrogens is 2. The quantitative estimate of drug-likeness (QED) is 0.127. The molecule has 3 amide bonds. The number of hydrogen-bond acceptors (Lipinski definition) is 8. The molecule has 0 bridgehead atoms. The van der Waals surface area contributed by atoms with Gasteiger partial charge in [-0.2, -0.15) is 10.4 Å². The van der Waals surface area contributed by atoms with E-state index < -0.39 is 11.8 Å². The number of hydrazine groups is 1. The number of ether oxygens (including phenoxy) is 2. The van der Waals surface area contributed by atoms with Crippen molar-refractivity contribution in [3.8, 4) is 6.07 Å². The van der Waals surface area contributed by atoms with Gasteiger partial charge >= 0.3 is 0 Å². The van der Waals surface area contributed by atoms with Crippen LogP contribution >= 0.6 is 0 Å². The Morgan fingerprint density at radius 3 is 1.87 bits per heavy atom. The summed E-state index contributed by atoms with van der Waals surface area (Å²) in [4.78, 5) is 40.7. The Morgan fingerprint density at radius 2 is 1.29 bits per heavy atom. The Hall–Kier alpha value is -5.51. The van der Waals surface area contributed by atoms with Crippen molar-refractivity contribution in [3.63, 3.8) is 0 Å². The number of nitrogens with zero attached hydrogens (tertiary/aromatic N) is 3. The van der Waals surface area contributed by atoms with Gasteiger partial charge < -0.3 is 20.1 Å². The molecule has 4 aromatic rings. The number of carbonyl (C=O) groups excluding carboxylic acids is 3. The molecular weight excluding hydrogens is 658 g/mol. The summed E-state index contributed by atoms with van der Waals surface area (Å²) in [5.41, 5.74) is 8.60. The smallest absolute Gasteiger partial charge is 0.290 e. The molecule has 12 nitrogen and oxygen atoms in total. The Labute approximate surface area is 303 Å². The van der Waals surface area contributed by atoms with Crippen LogP contribution in [-0.2, 0) is 34.0 Å². The van der Waals surface area contributed by atoms with Crippen LogP contribution in [0, 0.1) is 11.3 Å². The number of amides is 3. The van der Waals surface area contributed by atoms with Crippen molar-refractivity contribution in [3.05, 3.63) is 119 Å². The normalized spacial score (nSPS) is 19.9. The lowest BCUT2D eigenvalue weighted by molar-refractivity contribution is -0.124. The van der Waals surface area contributed by atoms with Crippen molar-refractivity contribution in [2.75, 3.05) is 5.43 Å². The van der Waals surface area contributed by atoms with Gasteiger partial charge in [-0.25, -0.2) is 4.68 Å². The third-order valence-corrected chi connectivity index (χ3v) is 9.55. The van der Waals surface area contributed by atoms with E-state index >= 15 is 0 Å². The Balaban J connectivity index is 1.15. The predicted octanol–water partition coefficient (Wildman–Crippen LogP) is 5.41. The van der Waals surface area contributed by atoms with E-state index in [1.807, 2.05) is 60.7 Å². The molecule has 0 saturated heterocycles. The van der Waals surface area contributed by atoms with Crippen molar-refractivity contribution >= 4 is 23.4 Å². The second kappa shape index (κ2) is 18.1. The number of anilines is 1. The molecule has 0 radical (unpaired) electrons. The van der Waals surface area contributed by atoms with Crippen molar-refractivity contribution in [2.24, 2.45) is 0 Å². The lowest BCUT2D eigenvalue weighted by Gasteiger charge is -2.32. The lowest BCUT2D eigenvalue weighted by atomic mass is 9.92. The Bertz CT molecular complexity index is 1820. The number of carbonyl (C=O) groups is 3. The molecule has 0 spiro atoms. The molecule has 52 heavy (non-hydrogen) atoms. The van der Waals surface area contributed by atoms with E-state index in [1.165, 1.54) is 10.7 Å². The van der Waals surface area contributed by atoms with Gasteiger partial charge in [-0.1, -0.05) is 86.3 Å². The number of nitrogens with one attached hydrogen (secondary N) is 4. The molecule has 2 aliphatic carbocycles. The molecular formula is C40H45N7O5. The number of benzene rings is 3. The summed E-state index contributed by atoms with van der Waals surface area (Å²) in [6, 6.07) is 29.4. The zero-order valence-electron chi connectivity index (χ0n) is 29.1. The van der Waals surface area contributed by atoms with Crippen LogP contribution in [0.15, 0.2) is 91.0 Å². The molecule has 12 heteroatoms. The number of nitriles is 1. The van der Waals surface area contributed by atoms with Gasteiger partial charge in [0.25, 0.3) is 11.8 Å². The zero-order valence-corrected chi connectivity index (χ0v) is 29.1. The van der Waals surface area contributed by atoms with Gasteiger partial charge in [0.1, 0.15) is 12.2 Å². The second-order valence-corrected chi connectivity index (χ2v) is 13.3. The predicted molar refractivity (Wildman–Crippen MR) is 195 cm³/mol.